The number of esters is 2. The summed E-state index contributed by atoms with van der Waals surface area (Å²) in [5, 5.41) is 0. The molecule has 0 aliphatic carbocycles. The molecule has 3 N–H and O–H groups in total. The number of ether oxygens (including phenoxy) is 2. The largest absolute Gasteiger partial charge is 0.472 e. The number of carbonyl (C=O) groups is 2. The van der Waals surface area contributed by atoms with Gasteiger partial charge in [0.05, 0.1) is 13.2 Å². The van der Waals surface area contributed by atoms with Gasteiger partial charge >= 0.3 is 19.8 Å². The molecule has 0 aromatic rings. The van der Waals surface area contributed by atoms with Crippen molar-refractivity contribution in [3.8, 4) is 0 Å². The van der Waals surface area contributed by atoms with Crippen molar-refractivity contribution in [2.75, 3.05) is 26.4 Å². The highest BCUT2D eigenvalue weighted by molar-refractivity contribution is 7.47. The Hall–Kier alpha value is -0.990. The normalized spacial score (nSPS) is 12.9. The van der Waals surface area contributed by atoms with Crippen molar-refractivity contribution in [3.05, 3.63) is 0 Å². The lowest BCUT2D eigenvalue weighted by Crippen LogP contribution is -2.29. The van der Waals surface area contributed by atoms with Crippen LogP contribution in [0.3, 0.4) is 0 Å². The molecule has 0 aliphatic heterocycles. The van der Waals surface area contributed by atoms with E-state index in [1.807, 2.05) is 0 Å². The van der Waals surface area contributed by atoms with E-state index in [0.717, 1.165) is 32.1 Å². The topological polar surface area (TPSA) is 134 Å². The van der Waals surface area contributed by atoms with Gasteiger partial charge in [-0.05, 0) is 12.8 Å². The van der Waals surface area contributed by atoms with Gasteiger partial charge in [0.15, 0.2) is 6.10 Å². The molecule has 424 valence electrons. The van der Waals surface area contributed by atoms with Gasteiger partial charge in [0.2, 0.25) is 0 Å². The molecule has 9 nitrogen and oxygen atoms in total. The van der Waals surface area contributed by atoms with Crippen molar-refractivity contribution in [3.63, 3.8) is 0 Å². The lowest BCUT2D eigenvalue weighted by atomic mass is 10.0. The van der Waals surface area contributed by atoms with Crippen LogP contribution in [-0.2, 0) is 32.7 Å². The fraction of sp³-hybridized carbons (Fsp3) is 0.967. The highest BCUT2D eigenvalue weighted by Gasteiger charge is 2.26. The van der Waals surface area contributed by atoms with Crippen LogP contribution in [0, 0.1) is 0 Å². The van der Waals surface area contributed by atoms with Gasteiger partial charge in [-0.15, -0.1) is 0 Å². The summed E-state index contributed by atoms with van der Waals surface area (Å²) in [7, 11) is -4.38. The molecule has 0 saturated heterocycles. The molecule has 0 saturated carbocycles. The van der Waals surface area contributed by atoms with Crippen LogP contribution < -0.4 is 5.73 Å². The summed E-state index contributed by atoms with van der Waals surface area (Å²) >= 11 is 0. The van der Waals surface area contributed by atoms with Gasteiger partial charge in [0.1, 0.15) is 6.61 Å². The summed E-state index contributed by atoms with van der Waals surface area (Å²) in [5.74, 6) is -0.804. The molecular weight excluding hydrogens is 906 g/mol. The molecule has 0 fully saturated rings. The maximum atomic E-state index is 12.7. The van der Waals surface area contributed by atoms with Crippen LogP contribution in [0.5, 0.6) is 0 Å². The van der Waals surface area contributed by atoms with Crippen LogP contribution in [0.2, 0.25) is 0 Å². The Morgan fingerprint density at radius 1 is 0.366 bits per heavy atom. The predicted molar refractivity (Wildman–Crippen MR) is 303 cm³/mol. The van der Waals surface area contributed by atoms with Crippen LogP contribution in [0.15, 0.2) is 0 Å². The zero-order valence-corrected chi connectivity index (χ0v) is 48.4. The van der Waals surface area contributed by atoms with Gasteiger partial charge in [-0.1, -0.05) is 322 Å². The maximum absolute atomic E-state index is 12.7. The van der Waals surface area contributed by atoms with E-state index in [2.05, 4.69) is 13.8 Å². The second-order valence-corrected chi connectivity index (χ2v) is 23.1. The van der Waals surface area contributed by atoms with Crippen LogP contribution in [-0.4, -0.2) is 49.3 Å². The molecule has 71 heavy (non-hydrogen) atoms. The summed E-state index contributed by atoms with van der Waals surface area (Å²) in [4.78, 5) is 35.1. The second kappa shape index (κ2) is 58.3. The Bertz CT molecular complexity index is 1130. The SMILES string of the molecule is CCCCCCCCCCCCCCCCCCCCCCCCCCCCCCCCCCCCCCC(=O)OC(COC(=O)CCCCCCCCCCCCCCCC)COP(=O)(O)OCCN. The monoisotopic (exact) mass is 1030 g/mol. The average molecular weight is 1030 g/mol. The zero-order valence-electron chi connectivity index (χ0n) is 47.5. The summed E-state index contributed by atoms with van der Waals surface area (Å²) in [6.07, 6.45) is 66.3. The van der Waals surface area contributed by atoms with E-state index < -0.39 is 26.5 Å². The number of nitrogens with two attached hydrogens (primary N) is 1. The summed E-state index contributed by atoms with van der Waals surface area (Å²) in [6, 6.07) is 0. The Labute approximate surface area is 441 Å². The van der Waals surface area contributed by atoms with Crippen molar-refractivity contribution in [1.29, 1.82) is 0 Å². The molecule has 0 spiro atoms. The first-order valence-electron chi connectivity index (χ1n) is 31.5. The minimum absolute atomic E-state index is 0.0585. The van der Waals surface area contributed by atoms with Gasteiger partial charge in [0.25, 0.3) is 0 Å². The van der Waals surface area contributed by atoms with Crippen molar-refractivity contribution in [2.24, 2.45) is 5.73 Å². The Morgan fingerprint density at radius 2 is 0.606 bits per heavy atom. The summed E-state index contributed by atoms with van der Waals surface area (Å²) in [5.41, 5.74) is 5.38. The standard InChI is InChI=1S/C61H122NO8P/c1-3-5-7-9-11-13-15-17-19-20-21-22-23-24-25-26-27-28-29-30-31-32-33-34-35-36-37-38-39-40-42-44-46-48-50-52-54-61(64)70-59(58-69-71(65,66)68-56-55-62)57-67-60(63)53-51-49-47-45-43-41-18-16-14-12-10-8-6-4-2/h59H,3-58,62H2,1-2H3,(H,65,66). The van der Waals surface area contributed by atoms with E-state index in [0.29, 0.717) is 6.42 Å². The van der Waals surface area contributed by atoms with Crippen molar-refractivity contribution in [1.82, 2.24) is 0 Å². The van der Waals surface area contributed by atoms with E-state index in [-0.39, 0.29) is 38.6 Å². The van der Waals surface area contributed by atoms with E-state index >= 15 is 0 Å². The molecule has 0 aliphatic rings. The fourth-order valence-electron chi connectivity index (χ4n) is 9.82. The molecule has 10 heteroatoms. The average Bonchev–Trinajstić information content (AvgIpc) is 3.36. The predicted octanol–water partition coefficient (Wildman–Crippen LogP) is 19.9. The molecule has 0 bridgehead atoms. The Kier molecular flexibility index (Phi) is 57.5. The second-order valence-electron chi connectivity index (χ2n) is 21.7. The molecule has 0 aromatic carbocycles. The van der Waals surface area contributed by atoms with Crippen LogP contribution in [0.1, 0.15) is 348 Å². The first-order valence-corrected chi connectivity index (χ1v) is 33.0. The van der Waals surface area contributed by atoms with Gasteiger partial charge in [-0.3, -0.25) is 18.6 Å². The molecule has 0 aromatic heterocycles. The van der Waals surface area contributed by atoms with E-state index in [1.54, 1.807) is 0 Å². The highest BCUT2D eigenvalue weighted by Crippen LogP contribution is 2.43. The van der Waals surface area contributed by atoms with Crippen molar-refractivity contribution >= 4 is 19.8 Å². The number of carbonyl (C=O) groups excluding carboxylic acids is 2. The van der Waals surface area contributed by atoms with Crippen molar-refractivity contribution < 1.29 is 37.6 Å². The molecule has 0 heterocycles. The number of rotatable bonds is 61. The smallest absolute Gasteiger partial charge is 0.462 e. The lowest BCUT2D eigenvalue weighted by Gasteiger charge is -2.19. The maximum Gasteiger partial charge on any atom is 0.472 e. The number of hydrogen-bond acceptors (Lipinski definition) is 8. The number of hydrogen-bond donors (Lipinski definition) is 2. The van der Waals surface area contributed by atoms with Crippen molar-refractivity contribution in [2.45, 2.75) is 354 Å². The van der Waals surface area contributed by atoms with Gasteiger partial charge in [-0.2, -0.15) is 0 Å². The number of phosphoric acid groups is 1. The van der Waals surface area contributed by atoms with E-state index in [9.17, 15) is 19.0 Å². The molecule has 2 unspecified atom stereocenters. The lowest BCUT2D eigenvalue weighted by molar-refractivity contribution is -0.161. The molecule has 0 amide bonds. The van der Waals surface area contributed by atoms with Gasteiger partial charge < -0.3 is 20.1 Å². The summed E-state index contributed by atoms with van der Waals surface area (Å²) < 4.78 is 33.0. The van der Waals surface area contributed by atoms with E-state index in [1.165, 1.54) is 283 Å². The van der Waals surface area contributed by atoms with Crippen LogP contribution in [0.4, 0.5) is 0 Å². The third-order valence-electron chi connectivity index (χ3n) is 14.5. The van der Waals surface area contributed by atoms with Gasteiger partial charge in [-0.25, -0.2) is 4.57 Å². The molecule has 2 atom stereocenters. The van der Waals surface area contributed by atoms with Crippen LogP contribution >= 0.6 is 7.82 Å². The highest BCUT2D eigenvalue weighted by atomic mass is 31.2. The zero-order chi connectivity index (χ0) is 51.7. The Balaban J connectivity index is 3.73. The fourth-order valence-corrected chi connectivity index (χ4v) is 10.6. The van der Waals surface area contributed by atoms with Crippen LogP contribution in [0.25, 0.3) is 0 Å². The quantitative estimate of drug-likeness (QED) is 0.0347. The molecular formula is C61H122NO8P. The van der Waals surface area contributed by atoms with Gasteiger partial charge in [0, 0.05) is 19.4 Å². The third kappa shape index (κ3) is 58.1. The first kappa shape index (κ1) is 70.0. The number of phosphoric ester groups is 1. The summed E-state index contributed by atoms with van der Waals surface area (Å²) in [6.45, 7) is 3.81. The minimum atomic E-state index is -4.38. The minimum Gasteiger partial charge on any atom is -0.462 e. The van der Waals surface area contributed by atoms with E-state index in [4.69, 9.17) is 24.3 Å². The molecule has 0 radical (unpaired) electrons. The third-order valence-corrected chi connectivity index (χ3v) is 15.5. The molecule has 0 rings (SSSR count). The number of unbranched alkanes of at least 4 members (excludes halogenated alkanes) is 48. The Morgan fingerprint density at radius 3 is 0.859 bits per heavy atom. The first-order chi connectivity index (χ1) is 34.8.